The zero-order valence-corrected chi connectivity index (χ0v) is 25.1. The lowest BCUT2D eigenvalue weighted by atomic mass is 10.0. The van der Waals surface area contributed by atoms with E-state index in [0.717, 1.165) is 33.5 Å². The molecule has 0 saturated carbocycles. The molecule has 1 aliphatic heterocycles. The van der Waals surface area contributed by atoms with Crippen molar-refractivity contribution in [3.05, 3.63) is 89.2 Å². The van der Waals surface area contributed by atoms with Crippen molar-refractivity contribution >= 4 is 45.9 Å². The van der Waals surface area contributed by atoms with Crippen molar-refractivity contribution < 1.29 is 22.7 Å². The third-order valence-corrected chi connectivity index (χ3v) is 7.71. The third-order valence-electron chi connectivity index (χ3n) is 6.55. The van der Waals surface area contributed by atoms with Crippen LogP contribution in [0.25, 0.3) is 17.1 Å². The van der Waals surface area contributed by atoms with E-state index in [-0.39, 0.29) is 11.7 Å². The van der Waals surface area contributed by atoms with Gasteiger partial charge < -0.3 is 10.1 Å². The summed E-state index contributed by atoms with van der Waals surface area (Å²) >= 11 is 6.84. The highest BCUT2D eigenvalue weighted by Crippen LogP contribution is 2.33. The molecular weight excluding hydrogens is 597 g/mol. The quantitative estimate of drug-likeness (QED) is 0.241. The van der Waals surface area contributed by atoms with Crippen molar-refractivity contribution in [2.24, 2.45) is 4.99 Å². The van der Waals surface area contributed by atoms with Gasteiger partial charge in [-0.05, 0) is 80.4 Å². The Kier molecular flexibility index (Phi) is 8.83. The van der Waals surface area contributed by atoms with Crippen LogP contribution in [-0.4, -0.2) is 49.6 Å². The molecule has 0 spiro atoms. The van der Waals surface area contributed by atoms with E-state index in [0.29, 0.717) is 40.5 Å². The number of aromatic nitrogens is 3. The Labute approximate surface area is 256 Å². The Balaban J connectivity index is 1.17. The highest BCUT2D eigenvalue weighted by Gasteiger charge is 2.32. The lowest BCUT2D eigenvalue weighted by Crippen LogP contribution is -2.32. The number of aryl methyl sites for hydroxylation is 3. The van der Waals surface area contributed by atoms with Crippen LogP contribution in [0, 0.1) is 20.8 Å². The van der Waals surface area contributed by atoms with Gasteiger partial charge in [-0.25, -0.2) is 9.67 Å². The number of carbonyl (C=O) groups excluding carboxylic acids is 1. The van der Waals surface area contributed by atoms with Gasteiger partial charge >= 0.3 is 6.36 Å². The first-order valence-electron chi connectivity index (χ1n) is 13.2. The summed E-state index contributed by atoms with van der Waals surface area (Å²) in [5, 5.41) is 8.48. The summed E-state index contributed by atoms with van der Waals surface area (Å²) in [5.74, 6) is 0.465. The second-order valence-electron chi connectivity index (χ2n) is 9.89. The predicted octanol–water partition coefficient (Wildman–Crippen LogP) is 6.31. The van der Waals surface area contributed by atoms with E-state index in [1.807, 2.05) is 45.0 Å². The molecular formula is C30H27F3N6O2S2. The van der Waals surface area contributed by atoms with Gasteiger partial charge in [-0.15, -0.1) is 18.3 Å². The van der Waals surface area contributed by atoms with E-state index in [1.165, 1.54) is 47.0 Å². The number of halogens is 3. The van der Waals surface area contributed by atoms with E-state index in [1.54, 1.807) is 4.90 Å². The van der Waals surface area contributed by atoms with Gasteiger partial charge in [0.25, 0.3) is 0 Å². The lowest BCUT2D eigenvalue weighted by Gasteiger charge is -2.21. The molecule has 43 heavy (non-hydrogen) atoms. The summed E-state index contributed by atoms with van der Waals surface area (Å²) in [4.78, 5) is 23.3. The van der Waals surface area contributed by atoms with Crippen molar-refractivity contribution in [1.29, 1.82) is 0 Å². The SMILES string of the molecule is Cc1cc(C)c(N2C(=O)CSC2=NC(=S)NCCc2ccc(-c3ncn(-c4ccc(OC(F)(F)F)cc4)n3)cc2)c(C)c1. The fraction of sp³-hybridized carbons (Fsp3) is 0.233. The number of thioether (sulfide) groups is 1. The number of nitrogens with one attached hydrogen (secondary N) is 1. The molecule has 1 amide bonds. The number of hydrogen-bond acceptors (Lipinski definition) is 6. The van der Waals surface area contributed by atoms with Crippen LogP contribution in [0.15, 0.2) is 72.0 Å². The molecule has 0 atom stereocenters. The topological polar surface area (TPSA) is 84.6 Å². The Morgan fingerprint density at radius 3 is 2.40 bits per heavy atom. The van der Waals surface area contributed by atoms with Crippen LogP contribution in [0.4, 0.5) is 18.9 Å². The normalized spacial score (nSPS) is 14.4. The van der Waals surface area contributed by atoms with E-state index < -0.39 is 6.36 Å². The molecule has 222 valence electrons. The average Bonchev–Trinajstić information content (AvgIpc) is 3.56. The molecule has 1 fully saturated rings. The number of amidine groups is 1. The van der Waals surface area contributed by atoms with Crippen LogP contribution in [0.5, 0.6) is 5.75 Å². The number of benzene rings is 3. The van der Waals surface area contributed by atoms with Crippen molar-refractivity contribution in [2.45, 2.75) is 33.6 Å². The fourth-order valence-corrected chi connectivity index (χ4v) is 5.88. The average molecular weight is 625 g/mol. The van der Waals surface area contributed by atoms with Gasteiger partial charge in [0.1, 0.15) is 12.1 Å². The zero-order chi connectivity index (χ0) is 30.7. The van der Waals surface area contributed by atoms with Crippen molar-refractivity contribution in [1.82, 2.24) is 20.1 Å². The smallest absolute Gasteiger partial charge is 0.406 e. The number of ether oxygens (including phenoxy) is 1. The fourth-order valence-electron chi connectivity index (χ4n) is 4.77. The van der Waals surface area contributed by atoms with Crippen LogP contribution < -0.4 is 15.0 Å². The van der Waals surface area contributed by atoms with Gasteiger partial charge in [-0.1, -0.05) is 53.7 Å². The van der Waals surface area contributed by atoms with Gasteiger partial charge in [-0.2, -0.15) is 4.99 Å². The zero-order valence-electron chi connectivity index (χ0n) is 23.5. The number of thiocarbonyl (C=S) groups is 1. The number of amides is 1. The molecule has 3 aromatic carbocycles. The molecule has 0 aliphatic carbocycles. The second-order valence-corrected chi connectivity index (χ2v) is 11.2. The molecule has 0 bridgehead atoms. The van der Waals surface area contributed by atoms with E-state index in [9.17, 15) is 18.0 Å². The molecule has 13 heteroatoms. The van der Waals surface area contributed by atoms with Gasteiger partial charge in [0.15, 0.2) is 16.1 Å². The summed E-state index contributed by atoms with van der Waals surface area (Å²) in [7, 11) is 0. The summed E-state index contributed by atoms with van der Waals surface area (Å²) in [6.45, 7) is 6.57. The standard InChI is InChI=1S/C30H27F3N6O2S2/c1-18-14-19(2)26(20(3)15-18)39-25(40)16-43-29(39)36-28(42)34-13-12-21-4-6-22(7-5-21)27-35-17-38(37-27)23-8-10-24(11-9-23)41-30(31,32)33/h4-11,14-15,17H,12-13,16H2,1-3H3,(H,34,42). The van der Waals surface area contributed by atoms with Crippen molar-refractivity contribution in [2.75, 3.05) is 17.2 Å². The monoisotopic (exact) mass is 624 g/mol. The van der Waals surface area contributed by atoms with Gasteiger partial charge in [-0.3, -0.25) is 9.69 Å². The van der Waals surface area contributed by atoms with Crippen molar-refractivity contribution in [3.8, 4) is 22.8 Å². The summed E-state index contributed by atoms with van der Waals surface area (Å²) in [5.41, 5.74) is 6.42. The first-order valence-corrected chi connectivity index (χ1v) is 14.6. The van der Waals surface area contributed by atoms with Gasteiger partial charge in [0.05, 0.1) is 17.1 Å². The Morgan fingerprint density at radius 1 is 1.07 bits per heavy atom. The van der Waals surface area contributed by atoms with Crippen LogP contribution >= 0.6 is 24.0 Å². The number of alkyl halides is 3. The number of rotatable bonds is 7. The lowest BCUT2D eigenvalue weighted by molar-refractivity contribution is -0.274. The number of carbonyl (C=O) groups is 1. The van der Waals surface area contributed by atoms with Crippen LogP contribution in [0.1, 0.15) is 22.3 Å². The maximum Gasteiger partial charge on any atom is 0.573 e. The molecule has 1 aliphatic rings. The minimum atomic E-state index is -4.75. The Bertz CT molecular complexity index is 1660. The molecule has 1 saturated heterocycles. The predicted molar refractivity (Wildman–Crippen MR) is 166 cm³/mol. The maximum absolute atomic E-state index is 12.7. The minimum absolute atomic E-state index is 0.0190. The van der Waals surface area contributed by atoms with E-state index >= 15 is 0 Å². The molecule has 8 nitrogen and oxygen atoms in total. The third kappa shape index (κ3) is 7.41. The first kappa shape index (κ1) is 30.2. The summed E-state index contributed by atoms with van der Waals surface area (Å²) < 4.78 is 42.6. The molecule has 1 N–H and O–H groups in total. The van der Waals surface area contributed by atoms with Crippen LogP contribution in [0.3, 0.4) is 0 Å². The number of hydrogen-bond donors (Lipinski definition) is 1. The Hall–Kier alpha value is -4.23. The summed E-state index contributed by atoms with van der Waals surface area (Å²) in [6.07, 6.45) is -2.57. The maximum atomic E-state index is 12.7. The second kappa shape index (κ2) is 12.6. The number of anilines is 1. The number of aliphatic imine (C=N–C) groups is 1. The van der Waals surface area contributed by atoms with Crippen LogP contribution in [-0.2, 0) is 11.2 Å². The molecule has 0 radical (unpaired) electrons. The van der Waals surface area contributed by atoms with Crippen molar-refractivity contribution in [3.63, 3.8) is 0 Å². The molecule has 0 unspecified atom stereocenters. The largest absolute Gasteiger partial charge is 0.573 e. The number of nitrogens with zero attached hydrogens (tertiary/aromatic N) is 5. The van der Waals surface area contributed by atoms with E-state index in [2.05, 4.69) is 37.3 Å². The van der Waals surface area contributed by atoms with Gasteiger partial charge in [0.2, 0.25) is 5.91 Å². The molecule has 4 aromatic rings. The first-order chi connectivity index (χ1) is 20.5. The molecule has 2 heterocycles. The highest BCUT2D eigenvalue weighted by molar-refractivity contribution is 8.15. The highest BCUT2D eigenvalue weighted by atomic mass is 32.2. The van der Waals surface area contributed by atoms with E-state index in [4.69, 9.17) is 12.2 Å². The molecule has 5 rings (SSSR count). The van der Waals surface area contributed by atoms with Crippen LogP contribution in [0.2, 0.25) is 0 Å². The molecule has 1 aromatic heterocycles. The van der Waals surface area contributed by atoms with Gasteiger partial charge in [0, 0.05) is 12.1 Å². The summed E-state index contributed by atoms with van der Waals surface area (Å²) in [6, 6.07) is 17.2. The Morgan fingerprint density at radius 2 is 1.74 bits per heavy atom. The minimum Gasteiger partial charge on any atom is -0.406 e.